The molecule has 76 valence electrons. The van der Waals surface area contributed by atoms with Crippen molar-refractivity contribution in [2.24, 2.45) is 5.84 Å². The first kappa shape index (κ1) is 10.3. The Labute approximate surface area is 78.2 Å². The lowest BCUT2D eigenvalue weighted by Crippen LogP contribution is -2.50. The molecule has 13 heavy (non-hydrogen) atoms. The van der Waals surface area contributed by atoms with Gasteiger partial charge in [0, 0.05) is 0 Å². The number of nitrogens with one attached hydrogen (secondary N) is 1. The Morgan fingerprint density at radius 1 is 1.62 bits per heavy atom. The molecule has 1 fully saturated rings. The zero-order valence-corrected chi connectivity index (χ0v) is 7.95. The van der Waals surface area contributed by atoms with E-state index in [4.69, 9.17) is 10.6 Å². The molecule has 0 aliphatic carbocycles. The van der Waals surface area contributed by atoms with Crippen molar-refractivity contribution in [3.8, 4) is 0 Å². The molecular formula is C8H17N3O2. The summed E-state index contributed by atoms with van der Waals surface area (Å²) in [5, 5.41) is 4.42. The minimum atomic E-state index is -0.422. The van der Waals surface area contributed by atoms with Crippen LogP contribution >= 0.6 is 0 Å². The van der Waals surface area contributed by atoms with Gasteiger partial charge in [-0.25, -0.2) is 15.6 Å². The van der Waals surface area contributed by atoms with Crippen LogP contribution in [0, 0.1) is 0 Å². The van der Waals surface area contributed by atoms with Gasteiger partial charge in [-0.15, -0.1) is 0 Å². The van der Waals surface area contributed by atoms with Crippen molar-refractivity contribution in [1.82, 2.24) is 10.3 Å². The van der Waals surface area contributed by atoms with E-state index in [0.29, 0.717) is 6.61 Å². The van der Waals surface area contributed by atoms with E-state index in [1.165, 1.54) is 5.01 Å². The summed E-state index contributed by atoms with van der Waals surface area (Å²) in [5.41, 5.74) is 0. The molecule has 0 aromatic rings. The minimum absolute atomic E-state index is 0.125. The first-order valence-electron chi connectivity index (χ1n) is 4.67. The molecule has 0 aromatic heterocycles. The maximum Gasteiger partial charge on any atom is 0.424 e. The minimum Gasteiger partial charge on any atom is -0.449 e. The Kier molecular flexibility index (Phi) is 3.98. The van der Waals surface area contributed by atoms with Gasteiger partial charge in [-0.3, -0.25) is 0 Å². The normalized spacial score (nSPS) is 18.3. The molecule has 1 aliphatic heterocycles. The molecule has 5 heteroatoms. The number of ether oxygens (including phenoxy) is 1. The summed E-state index contributed by atoms with van der Waals surface area (Å²) < 4.78 is 4.80. The molecule has 0 bridgehead atoms. The third-order valence-electron chi connectivity index (χ3n) is 2.18. The van der Waals surface area contributed by atoms with Gasteiger partial charge in [-0.2, -0.15) is 0 Å². The fraction of sp³-hybridized carbons (Fsp3) is 0.875. The van der Waals surface area contributed by atoms with Gasteiger partial charge in [0.15, 0.2) is 0 Å². The molecular weight excluding hydrogens is 170 g/mol. The fourth-order valence-electron chi connectivity index (χ4n) is 1.43. The highest BCUT2D eigenvalue weighted by Crippen LogP contribution is 2.08. The molecule has 1 heterocycles. The molecule has 1 saturated heterocycles. The first-order chi connectivity index (χ1) is 6.25. The van der Waals surface area contributed by atoms with Crippen LogP contribution in [-0.4, -0.2) is 36.8 Å². The Bertz CT molecular complexity index is 169. The van der Waals surface area contributed by atoms with E-state index in [2.05, 4.69) is 5.32 Å². The molecule has 0 spiro atoms. The van der Waals surface area contributed by atoms with Gasteiger partial charge in [0.1, 0.15) is 0 Å². The van der Waals surface area contributed by atoms with Crippen LogP contribution in [0.2, 0.25) is 0 Å². The second-order valence-corrected chi connectivity index (χ2v) is 3.09. The molecule has 0 atom stereocenters. The van der Waals surface area contributed by atoms with Crippen LogP contribution in [0.25, 0.3) is 0 Å². The summed E-state index contributed by atoms with van der Waals surface area (Å²) in [6.07, 6.45) is 1.37. The molecule has 0 aromatic carbocycles. The Morgan fingerprint density at radius 2 is 2.23 bits per heavy atom. The Balaban J connectivity index is 2.35. The van der Waals surface area contributed by atoms with E-state index in [9.17, 15) is 4.79 Å². The molecule has 0 unspecified atom stereocenters. The monoisotopic (exact) mass is 187 g/mol. The fourth-order valence-corrected chi connectivity index (χ4v) is 1.43. The lowest BCUT2D eigenvalue weighted by atomic mass is 10.1. The number of amides is 1. The average Bonchev–Trinajstić information content (AvgIpc) is 2.18. The van der Waals surface area contributed by atoms with Gasteiger partial charge < -0.3 is 10.1 Å². The largest absolute Gasteiger partial charge is 0.449 e. The highest BCUT2D eigenvalue weighted by atomic mass is 16.6. The Morgan fingerprint density at radius 3 is 2.77 bits per heavy atom. The zero-order valence-electron chi connectivity index (χ0n) is 7.95. The van der Waals surface area contributed by atoms with E-state index in [1.807, 2.05) is 0 Å². The second-order valence-electron chi connectivity index (χ2n) is 3.09. The number of nitrogens with zero attached hydrogens (tertiary/aromatic N) is 1. The topological polar surface area (TPSA) is 67.6 Å². The van der Waals surface area contributed by atoms with Crippen molar-refractivity contribution in [3.05, 3.63) is 0 Å². The maximum absolute atomic E-state index is 11.2. The van der Waals surface area contributed by atoms with Crippen molar-refractivity contribution in [2.75, 3.05) is 19.7 Å². The molecule has 1 rings (SSSR count). The summed E-state index contributed by atoms with van der Waals surface area (Å²) >= 11 is 0. The van der Waals surface area contributed by atoms with Crippen molar-refractivity contribution >= 4 is 6.09 Å². The third kappa shape index (κ3) is 2.86. The predicted molar refractivity (Wildman–Crippen MR) is 48.9 cm³/mol. The summed E-state index contributed by atoms with van der Waals surface area (Å²) in [4.78, 5) is 11.2. The summed E-state index contributed by atoms with van der Waals surface area (Å²) in [5.74, 6) is 5.61. The van der Waals surface area contributed by atoms with E-state index >= 15 is 0 Å². The van der Waals surface area contributed by atoms with Crippen LogP contribution in [0.5, 0.6) is 0 Å². The van der Waals surface area contributed by atoms with E-state index in [1.54, 1.807) is 6.92 Å². The lowest BCUT2D eigenvalue weighted by molar-refractivity contribution is 0.0826. The number of hydrogen-bond donors (Lipinski definition) is 2. The highest BCUT2D eigenvalue weighted by molar-refractivity contribution is 5.67. The third-order valence-corrected chi connectivity index (χ3v) is 2.18. The number of hydrogen-bond acceptors (Lipinski definition) is 4. The van der Waals surface area contributed by atoms with Crippen molar-refractivity contribution in [1.29, 1.82) is 0 Å². The highest BCUT2D eigenvalue weighted by Gasteiger charge is 2.23. The number of rotatable bonds is 2. The van der Waals surface area contributed by atoms with Gasteiger partial charge in [-0.1, -0.05) is 0 Å². The summed E-state index contributed by atoms with van der Waals surface area (Å²) in [6, 6.07) is 0.125. The molecule has 0 radical (unpaired) electrons. The first-order valence-corrected chi connectivity index (χ1v) is 4.67. The molecule has 5 nitrogen and oxygen atoms in total. The maximum atomic E-state index is 11.2. The summed E-state index contributed by atoms with van der Waals surface area (Å²) in [7, 11) is 0. The van der Waals surface area contributed by atoms with Gasteiger partial charge in [0.25, 0.3) is 0 Å². The SMILES string of the molecule is CCOC(=O)N(N)C1CCNCC1. The van der Waals surface area contributed by atoms with Crippen molar-refractivity contribution in [2.45, 2.75) is 25.8 Å². The molecule has 3 N–H and O–H groups in total. The van der Waals surface area contributed by atoms with E-state index < -0.39 is 6.09 Å². The van der Waals surface area contributed by atoms with Crippen LogP contribution in [0.3, 0.4) is 0 Å². The zero-order chi connectivity index (χ0) is 9.68. The predicted octanol–water partition coefficient (Wildman–Crippen LogP) is 0.0706. The van der Waals surface area contributed by atoms with Crippen LogP contribution < -0.4 is 11.2 Å². The van der Waals surface area contributed by atoms with Crippen molar-refractivity contribution < 1.29 is 9.53 Å². The van der Waals surface area contributed by atoms with Crippen LogP contribution in [0.15, 0.2) is 0 Å². The molecule has 1 aliphatic rings. The standard InChI is InChI=1S/C8H17N3O2/c1-2-13-8(12)11(9)7-3-5-10-6-4-7/h7,10H,2-6,9H2,1H3. The average molecular weight is 187 g/mol. The molecule has 0 saturated carbocycles. The number of hydrazine groups is 1. The van der Waals surface area contributed by atoms with Gasteiger partial charge in [-0.05, 0) is 32.9 Å². The van der Waals surface area contributed by atoms with Crippen LogP contribution in [-0.2, 0) is 4.74 Å². The van der Waals surface area contributed by atoms with Gasteiger partial charge in [0.2, 0.25) is 0 Å². The lowest BCUT2D eigenvalue weighted by Gasteiger charge is -2.29. The number of piperidine rings is 1. The Hall–Kier alpha value is -0.810. The van der Waals surface area contributed by atoms with Crippen LogP contribution in [0.4, 0.5) is 4.79 Å². The van der Waals surface area contributed by atoms with Gasteiger partial charge >= 0.3 is 6.09 Å². The summed E-state index contributed by atoms with van der Waals surface area (Å²) in [6.45, 7) is 3.97. The smallest absolute Gasteiger partial charge is 0.424 e. The number of carbonyl (C=O) groups excluding carboxylic acids is 1. The van der Waals surface area contributed by atoms with E-state index in [0.717, 1.165) is 25.9 Å². The second kappa shape index (κ2) is 5.04. The van der Waals surface area contributed by atoms with Gasteiger partial charge in [0.05, 0.1) is 12.6 Å². The quantitative estimate of drug-likeness (QED) is 0.365. The van der Waals surface area contributed by atoms with Crippen LogP contribution in [0.1, 0.15) is 19.8 Å². The van der Waals surface area contributed by atoms with E-state index in [-0.39, 0.29) is 6.04 Å². The number of nitrogens with two attached hydrogens (primary N) is 1. The molecule has 1 amide bonds. The number of carbonyl (C=O) groups is 1. The van der Waals surface area contributed by atoms with Crippen molar-refractivity contribution in [3.63, 3.8) is 0 Å².